The number of carbonyl (C=O) groups is 1. The molecule has 5 rings (SSSR count). The second-order valence-electron chi connectivity index (χ2n) is 8.19. The van der Waals surface area contributed by atoms with Crippen LogP contribution < -0.4 is 10.6 Å². The van der Waals surface area contributed by atoms with Crippen LogP contribution in [0.1, 0.15) is 32.2 Å². The number of carbonyl (C=O) groups excluding carboxylic acids is 1. The van der Waals surface area contributed by atoms with Crippen LogP contribution in [0.15, 0.2) is 79.5 Å². The van der Waals surface area contributed by atoms with Gasteiger partial charge in [-0.15, -0.1) is 11.3 Å². The third-order valence-electron chi connectivity index (χ3n) is 5.75. The smallest absolute Gasteiger partial charge is 0.269 e. The van der Waals surface area contributed by atoms with Crippen LogP contribution in [0.2, 0.25) is 0 Å². The molecule has 0 radical (unpaired) electrons. The van der Waals surface area contributed by atoms with Crippen molar-refractivity contribution in [1.29, 1.82) is 0 Å². The molecule has 2 N–H and O–H groups in total. The van der Waals surface area contributed by atoms with Gasteiger partial charge in [0.15, 0.2) is 0 Å². The Balaban J connectivity index is 1.40. The van der Waals surface area contributed by atoms with E-state index in [1.165, 1.54) is 10.3 Å². The standard InChI is InChI=1S/C28H24N4OS/c1-17(31-22-8-10-27-25(16-22)32-18(2)34-27)23-6-4-5-21-14-19(7-9-24(21)23)13-20-11-12-30-26(15-20)28(33)29-3/h4-12,14-16,31H,1,13H2,2-3H3,(H,29,33). The molecule has 2 aromatic heterocycles. The van der Waals surface area contributed by atoms with Gasteiger partial charge in [-0.2, -0.15) is 0 Å². The monoisotopic (exact) mass is 464 g/mol. The molecule has 0 fully saturated rings. The predicted octanol–water partition coefficient (Wildman–Crippen LogP) is 6.19. The molecule has 0 bridgehead atoms. The van der Waals surface area contributed by atoms with Gasteiger partial charge in [0.1, 0.15) is 5.69 Å². The number of hydrogen-bond donors (Lipinski definition) is 2. The third kappa shape index (κ3) is 4.40. The molecule has 0 atom stereocenters. The number of aryl methyl sites for hydroxylation is 1. The summed E-state index contributed by atoms with van der Waals surface area (Å²) in [5.74, 6) is -0.180. The van der Waals surface area contributed by atoms with E-state index in [0.717, 1.165) is 50.2 Å². The van der Waals surface area contributed by atoms with Crippen molar-refractivity contribution < 1.29 is 4.79 Å². The maximum absolute atomic E-state index is 11.9. The summed E-state index contributed by atoms with van der Waals surface area (Å²) in [7, 11) is 1.61. The summed E-state index contributed by atoms with van der Waals surface area (Å²) in [4.78, 5) is 20.6. The quantitative estimate of drug-likeness (QED) is 0.315. The van der Waals surface area contributed by atoms with Crippen molar-refractivity contribution in [2.75, 3.05) is 12.4 Å². The van der Waals surface area contributed by atoms with Gasteiger partial charge in [-0.25, -0.2) is 4.98 Å². The highest BCUT2D eigenvalue weighted by atomic mass is 32.1. The first-order chi connectivity index (χ1) is 16.5. The lowest BCUT2D eigenvalue weighted by atomic mass is 9.97. The first kappa shape index (κ1) is 21.8. The molecule has 168 valence electrons. The van der Waals surface area contributed by atoms with Crippen molar-refractivity contribution in [2.45, 2.75) is 13.3 Å². The molecule has 0 aliphatic heterocycles. The largest absolute Gasteiger partial charge is 0.355 e. The summed E-state index contributed by atoms with van der Waals surface area (Å²) in [5.41, 5.74) is 6.51. The van der Waals surface area contributed by atoms with E-state index in [4.69, 9.17) is 0 Å². The molecule has 0 aliphatic rings. The van der Waals surface area contributed by atoms with Crippen molar-refractivity contribution >= 4 is 49.6 Å². The van der Waals surface area contributed by atoms with Gasteiger partial charge in [0.05, 0.1) is 15.2 Å². The number of nitrogens with one attached hydrogen (secondary N) is 2. The number of amides is 1. The Kier molecular flexibility index (Phi) is 5.82. The number of nitrogens with zero attached hydrogens (tertiary/aromatic N) is 2. The molecule has 0 unspecified atom stereocenters. The summed E-state index contributed by atoms with van der Waals surface area (Å²) < 4.78 is 1.18. The van der Waals surface area contributed by atoms with Crippen LogP contribution in [-0.2, 0) is 6.42 Å². The van der Waals surface area contributed by atoms with Crippen LogP contribution in [0.3, 0.4) is 0 Å². The Morgan fingerprint density at radius 2 is 1.88 bits per heavy atom. The molecule has 2 heterocycles. The van der Waals surface area contributed by atoms with Crippen LogP contribution >= 0.6 is 11.3 Å². The molecular formula is C28H24N4OS. The first-order valence-electron chi connectivity index (χ1n) is 11.0. The van der Waals surface area contributed by atoms with Gasteiger partial charge in [0, 0.05) is 30.2 Å². The lowest BCUT2D eigenvalue weighted by Crippen LogP contribution is -2.19. The van der Waals surface area contributed by atoms with Gasteiger partial charge < -0.3 is 10.6 Å². The van der Waals surface area contributed by atoms with Gasteiger partial charge in [-0.05, 0) is 65.6 Å². The van der Waals surface area contributed by atoms with Crippen LogP contribution in [0.5, 0.6) is 0 Å². The van der Waals surface area contributed by atoms with E-state index in [9.17, 15) is 4.79 Å². The Hall–Kier alpha value is -4.03. The number of anilines is 1. The topological polar surface area (TPSA) is 66.9 Å². The predicted molar refractivity (Wildman–Crippen MR) is 141 cm³/mol. The average molecular weight is 465 g/mol. The van der Waals surface area contributed by atoms with Gasteiger partial charge >= 0.3 is 0 Å². The molecule has 1 amide bonds. The molecule has 0 aliphatic carbocycles. The van der Waals surface area contributed by atoms with Crippen molar-refractivity contribution in [3.8, 4) is 0 Å². The molecule has 3 aromatic carbocycles. The average Bonchev–Trinajstić information content (AvgIpc) is 3.22. The van der Waals surface area contributed by atoms with Gasteiger partial charge in [0.25, 0.3) is 5.91 Å². The van der Waals surface area contributed by atoms with Gasteiger partial charge in [-0.3, -0.25) is 9.78 Å². The zero-order valence-electron chi connectivity index (χ0n) is 19.1. The van der Waals surface area contributed by atoms with E-state index in [1.807, 2.05) is 19.1 Å². The SMILES string of the molecule is C=C(Nc1ccc2sc(C)nc2c1)c1cccc2cc(Cc3ccnc(C(=O)NC)c3)ccc12. The molecular weight excluding hydrogens is 440 g/mol. The molecule has 0 saturated heterocycles. The zero-order valence-corrected chi connectivity index (χ0v) is 19.9. The highest BCUT2D eigenvalue weighted by molar-refractivity contribution is 7.18. The third-order valence-corrected chi connectivity index (χ3v) is 6.70. The van der Waals surface area contributed by atoms with E-state index in [1.54, 1.807) is 24.6 Å². The van der Waals surface area contributed by atoms with E-state index in [0.29, 0.717) is 5.69 Å². The maximum atomic E-state index is 11.9. The number of benzene rings is 3. The fraction of sp³-hybridized carbons (Fsp3) is 0.107. The minimum atomic E-state index is -0.180. The van der Waals surface area contributed by atoms with Gasteiger partial charge in [-0.1, -0.05) is 43.0 Å². The molecule has 5 aromatic rings. The van der Waals surface area contributed by atoms with Crippen LogP contribution in [-0.4, -0.2) is 22.9 Å². The van der Waals surface area contributed by atoms with Crippen molar-refractivity contribution in [1.82, 2.24) is 15.3 Å². The number of rotatable bonds is 6. The highest BCUT2D eigenvalue weighted by Crippen LogP contribution is 2.29. The molecule has 0 saturated carbocycles. The Labute approximate surface area is 202 Å². The molecule has 34 heavy (non-hydrogen) atoms. The highest BCUT2D eigenvalue weighted by Gasteiger charge is 2.09. The Bertz CT molecular complexity index is 1550. The summed E-state index contributed by atoms with van der Waals surface area (Å²) in [5, 5.41) is 9.42. The summed E-state index contributed by atoms with van der Waals surface area (Å²) in [6, 6.07) is 22.7. The number of aromatic nitrogens is 2. The van der Waals surface area contributed by atoms with Crippen LogP contribution in [0.25, 0.3) is 26.7 Å². The van der Waals surface area contributed by atoms with Crippen molar-refractivity contribution in [3.05, 3.63) is 107 Å². The summed E-state index contributed by atoms with van der Waals surface area (Å²) in [6.07, 6.45) is 2.40. The van der Waals surface area contributed by atoms with Crippen molar-refractivity contribution in [3.63, 3.8) is 0 Å². The van der Waals surface area contributed by atoms with Crippen LogP contribution in [0, 0.1) is 6.92 Å². The number of fused-ring (bicyclic) bond motifs is 2. The van der Waals surface area contributed by atoms with Crippen LogP contribution in [0.4, 0.5) is 5.69 Å². The minimum absolute atomic E-state index is 0.180. The molecule has 0 spiro atoms. The van der Waals surface area contributed by atoms with E-state index in [-0.39, 0.29) is 5.91 Å². The first-order valence-corrected chi connectivity index (χ1v) is 11.8. The van der Waals surface area contributed by atoms with E-state index < -0.39 is 0 Å². The van der Waals surface area contributed by atoms with Crippen molar-refractivity contribution in [2.24, 2.45) is 0 Å². The second kappa shape index (κ2) is 9.08. The second-order valence-corrected chi connectivity index (χ2v) is 9.42. The lowest BCUT2D eigenvalue weighted by Gasteiger charge is -2.13. The minimum Gasteiger partial charge on any atom is -0.355 e. The Morgan fingerprint density at radius 3 is 2.74 bits per heavy atom. The fourth-order valence-corrected chi connectivity index (χ4v) is 4.95. The summed E-state index contributed by atoms with van der Waals surface area (Å²) in [6.45, 7) is 6.33. The maximum Gasteiger partial charge on any atom is 0.269 e. The molecule has 6 heteroatoms. The normalized spacial score (nSPS) is 11.0. The Morgan fingerprint density at radius 1 is 1.03 bits per heavy atom. The number of hydrogen-bond acceptors (Lipinski definition) is 5. The fourth-order valence-electron chi connectivity index (χ4n) is 4.14. The van der Waals surface area contributed by atoms with Gasteiger partial charge in [0.2, 0.25) is 0 Å². The number of pyridine rings is 1. The zero-order chi connectivity index (χ0) is 23.7. The lowest BCUT2D eigenvalue weighted by molar-refractivity contribution is 0.0958. The van der Waals surface area contributed by atoms with E-state index in [2.05, 4.69) is 81.8 Å². The summed E-state index contributed by atoms with van der Waals surface area (Å²) >= 11 is 1.70. The molecule has 5 nitrogen and oxygen atoms in total. The van der Waals surface area contributed by atoms with E-state index >= 15 is 0 Å². The number of thiazole rings is 1.